The molecule has 1 amide bonds. The van der Waals surface area contributed by atoms with E-state index in [9.17, 15) is 9.18 Å². The van der Waals surface area contributed by atoms with Crippen molar-refractivity contribution in [3.8, 4) is 17.2 Å². The normalized spacial score (nSPS) is 11.5. The Morgan fingerprint density at radius 2 is 1.85 bits per heavy atom. The van der Waals surface area contributed by atoms with Gasteiger partial charge in [-0.2, -0.15) is 0 Å². The van der Waals surface area contributed by atoms with Crippen LogP contribution in [-0.2, 0) is 16.1 Å². The van der Waals surface area contributed by atoms with Crippen LogP contribution < -0.4 is 20.5 Å². The van der Waals surface area contributed by atoms with Gasteiger partial charge in [-0.25, -0.2) is 4.39 Å². The second-order valence-corrected chi connectivity index (χ2v) is 7.09. The lowest BCUT2D eigenvalue weighted by molar-refractivity contribution is -0.133. The van der Waals surface area contributed by atoms with E-state index in [-0.39, 0.29) is 24.6 Å². The van der Waals surface area contributed by atoms with Gasteiger partial charge in [-0.3, -0.25) is 10.2 Å². The highest BCUT2D eigenvalue weighted by Crippen LogP contribution is 2.28. The number of carbonyl (C=O) groups is 1. The van der Waals surface area contributed by atoms with E-state index in [0.717, 1.165) is 0 Å². The molecule has 0 saturated carbocycles. The zero-order chi connectivity index (χ0) is 23.8. The van der Waals surface area contributed by atoms with Gasteiger partial charge in [0.2, 0.25) is 0 Å². The van der Waals surface area contributed by atoms with Gasteiger partial charge in [0.05, 0.1) is 7.11 Å². The van der Waals surface area contributed by atoms with Crippen LogP contribution in [0, 0.1) is 11.2 Å². The molecule has 0 spiro atoms. The highest BCUT2D eigenvalue weighted by molar-refractivity contribution is 5.95. The molecule has 0 unspecified atom stereocenters. The van der Waals surface area contributed by atoms with Gasteiger partial charge >= 0.3 is 0 Å². The fraction of sp³-hybridized carbons (Fsp3) is 0.200. The largest absolute Gasteiger partial charge is 0.497 e. The van der Waals surface area contributed by atoms with Crippen LogP contribution in [0.2, 0.25) is 0 Å². The predicted octanol–water partition coefficient (Wildman–Crippen LogP) is 4.30. The van der Waals surface area contributed by atoms with Crippen molar-refractivity contribution in [3.63, 3.8) is 0 Å². The Balaban J connectivity index is 1.82. The zero-order valence-electron chi connectivity index (χ0n) is 18.4. The fourth-order valence-corrected chi connectivity index (χ4v) is 3.17. The Kier molecular flexibility index (Phi) is 7.99. The second-order valence-electron chi connectivity index (χ2n) is 7.09. The van der Waals surface area contributed by atoms with Crippen LogP contribution in [0.5, 0.6) is 17.2 Å². The molecule has 0 bridgehead atoms. The summed E-state index contributed by atoms with van der Waals surface area (Å²) in [5.74, 6) is 0.190. The van der Waals surface area contributed by atoms with Gasteiger partial charge in [-0.15, -0.1) is 0 Å². The third-order valence-corrected chi connectivity index (χ3v) is 4.86. The molecule has 3 aromatic carbocycles. The van der Waals surface area contributed by atoms with Crippen LogP contribution in [0.1, 0.15) is 29.7 Å². The molecule has 0 radical (unpaired) electrons. The number of nitrogens with one attached hydrogen (secondary N) is 2. The molecule has 3 aromatic rings. The van der Waals surface area contributed by atoms with E-state index in [0.29, 0.717) is 28.4 Å². The maximum Gasteiger partial charge on any atom is 0.254 e. The van der Waals surface area contributed by atoms with E-state index in [1.807, 2.05) is 18.2 Å². The Bertz CT molecular complexity index is 1120. The molecular formula is C25H26FN3O4. The van der Waals surface area contributed by atoms with E-state index in [4.69, 9.17) is 25.4 Å². The molecule has 172 valence electrons. The zero-order valence-corrected chi connectivity index (χ0v) is 18.4. The summed E-state index contributed by atoms with van der Waals surface area (Å²) in [6, 6.07) is 18.4. The number of methoxy groups -OCH3 is 1. The number of rotatable bonds is 10. The van der Waals surface area contributed by atoms with Crippen molar-refractivity contribution in [2.45, 2.75) is 19.6 Å². The minimum atomic E-state index is -1.13. The maximum absolute atomic E-state index is 14.6. The summed E-state index contributed by atoms with van der Waals surface area (Å²) in [5, 5.41) is 10.5. The number of amides is 1. The fourth-order valence-electron chi connectivity index (χ4n) is 3.17. The lowest BCUT2D eigenvalue weighted by Crippen LogP contribution is -2.31. The lowest BCUT2D eigenvalue weighted by atomic mass is 10.1. The number of nitrogen functional groups attached to an aromatic ring is 1. The maximum atomic E-state index is 14.6. The average molecular weight is 451 g/mol. The molecule has 33 heavy (non-hydrogen) atoms. The molecule has 7 nitrogen and oxygen atoms in total. The molecule has 1 atom stereocenters. The van der Waals surface area contributed by atoms with Crippen LogP contribution in [0.25, 0.3) is 0 Å². The summed E-state index contributed by atoms with van der Waals surface area (Å²) in [6.45, 7) is 2.05. The second kappa shape index (κ2) is 11.1. The van der Waals surface area contributed by atoms with Crippen LogP contribution in [0.3, 0.4) is 0 Å². The van der Waals surface area contributed by atoms with Crippen molar-refractivity contribution in [2.75, 3.05) is 13.7 Å². The van der Waals surface area contributed by atoms with E-state index in [1.54, 1.807) is 43.3 Å². The first-order valence-corrected chi connectivity index (χ1v) is 10.4. The summed E-state index contributed by atoms with van der Waals surface area (Å²) < 4.78 is 31.1. The molecule has 0 aliphatic rings. The molecule has 0 heterocycles. The van der Waals surface area contributed by atoms with Gasteiger partial charge in [-0.1, -0.05) is 30.3 Å². The SMILES string of the molecule is CCO[C@H](C(=O)NCc1ccc(C(=N)N)cc1Oc1ccccc1)c1ccc(OC)cc1F. The summed E-state index contributed by atoms with van der Waals surface area (Å²) in [5.41, 5.74) is 6.88. The molecule has 0 fully saturated rings. The molecule has 0 aliphatic heterocycles. The van der Waals surface area contributed by atoms with E-state index < -0.39 is 17.8 Å². The average Bonchev–Trinajstić information content (AvgIpc) is 2.82. The molecule has 3 rings (SSSR count). The Hall–Kier alpha value is -3.91. The smallest absolute Gasteiger partial charge is 0.254 e. The third kappa shape index (κ3) is 6.08. The van der Waals surface area contributed by atoms with Gasteiger partial charge in [0.25, 0.3) is 5.91 Å². The van der Waals surface area contributed by atoms with E-state index in [1.165, 1.54) is 19.2 Å². The number of halogens is 1. The first-order chi connectivity index (χ1) is 15.9. The number of para-hydroxylation sites is 1. The Morgan fingerprint density at radius 1 is 1.09 bits per heavy atom. The van der Waals surface area contributed by atoms with Crippen molar-refractivity contribution in [2.24, 2.45) is 5.73 Å². The predicted molar refractivity (Wildman–Crippen MR) is 123 cm³/mol. The van der Waals surface area contributed by atoms with Crippen molar-refractivity contribution < 1.29 is 23.4 Å². The number of amidine groups is 1. The number of carbonyl (C=O) groups excluding carboxylic acids is 1. The summed E-state index contributed by atoms with van der Waals surface area (Å²) in [6.07, 6.45) is -1.13. The topological polar surface area (TPSA) is 107 Å². The lowest BCUT2D eigenvalue weighted by Gasteiger charge is -2.19. The van der Waals surface area contributed by atoms with Crippen molar-refractivity contribution in [1.82, 2.24) is 5.32 Å². The first kappa shape index (κ1) is 23.7. The van der Waals surface area contributed by atoms with Gasteiger partial charge in [0.1, 0.15) is 28.9 Å². The number of hydrogen-bond acceptors (Lipinski definition) is 5. The number of benzene rings is 3. The molecule has 4 N–H and O–H groups in total. The monoisotopic (exact) mass is 451 g/mol. The van der Waals surface area contributed by atoms with Gasteiger partial charge in [0.15, 0.2) is 6.10 Å². The minimum Gasteiger partial charge on any atom is -0.497 e. The van der Waals surface area contributed by atoms with Crippen LogP contribution >= 0.6 is 0 Å². The molecular weight excluding hydrogens is 425 g/mol. The van der Waals surface area contributed by atoms with Gasteiger partial charge < -0.3 is 25.3 Å². The molecule has 0 aromatic heterocycles. The standard InChI is InChI=1S/C25H26FN3O4/c1-3-32-23(20-12-11-19(31-2)14-21(20)26)25(30)29-15-17-10-9-16(24(27)28)13-22(17)33-18-7-5-4-6-8-18/h4-14,23H,3,15H2,1-2H3,(H3,27,28)(H,29,30)/t23-/m0/s1. The third-order valence-electron chi connectivity index (χ3n) is 4.86. The molecule has 0 aliphatic carbocycles. The highest BCUT2D eigenvalue weighted by Gasteiger charge is 2.25. The number of nitrogens with two attached hydrogens (primary N) is 1. The molecule has 8 heteroatoms. The van der Waals surface area contributed by atoms with Gasteiger partial charge in [0, 0.05) is 35.9 Å². The minimum absolute atomic E-state index is 0.0978. The van der Waals surface area contributed by atoms with Crippen LogP contribution in [0.15, 0.2) is 66.7 Å². The quantitative estimate of drug-likeness (QED) is 0.315. The Morgan fingerprint density at radius 3 is 2.48 bits per heavy atom. The summed E-state index contributed by atoms with van der Waals surface area (Å²) in [7, 11) is 1.44. The first-order valence-electron chi connectivity index (χ1n) is 10.4. The highest BCUT2D eigenvalue weighted by atomic mass is 19.1. The van der Waals surface area contributed by atoms with Crippen molar-refractivity contribution >= 4 is 11.7 Å². The summed E-state index contributed by atoms with van der Waals surface area (Å²) in [4.78, 5) is 12.9. The van der Waals surface area contributed by atoms with Crippen LogP contribution in [0.4, 0.5) is 4.39 Å². The molecule has 0 saturated heterocycles. The van der Waals surface area contributed by atoms with Crippen LogP contribution in [-0.4, -0.2) is 25.5 Å². The number of ether oxygens (including phenoxy) is 3. The Labute approximate surface area is 191 Å². The van der Waals surface area contributed by atoms with E-state index >= 15 is 0 Å². The van der Waals surface area contributed by atoms with E-state index in [2.05, 4.69) is 5.32 Å². The summed E-state index contributed by atoms with van der Waals surface area (Å²) >= 11 is 0. The van der Waals surface area contributed by atoms with Crippen molar-refractivity contribution in [3.05, 3.63) is 89.2 Å². The number of hydrogen-bond donors (Lipinski definition) is 3. The van der Waals surface area contributed by atoms with Gasteiger partial charge in [-0.05, 0) is 37.3 Å². The van der Waals surface area contributed by atoms with Crippen molar-refractivity contribution in [1.29, 1.82) is 5.41 Å².